The minimum Gasteiger partial charge on any atom is -0.454 e. The molecule has 6 nitrogen and oxygen atoms in total. The lowest BCUT2D eigenvalue weighted by atomic mass is 9.95. The molecule has 2 heterocycles. The smallest absolute Gasteiger partial charge is 0.246 e. The molecule has 0 bridgehead atoms. The van der Waals surface area contributed by atoms with Crippen molar-refractivity contribution in [2.24, 2.45) is 5.92 Å². The maximum atomic E-state index is 12.5. The van der Waals surface area contributed by atoms with Gasteiger partial charge in [0.2, 0.25) is 18.6 Å². The molecular weight excluding hydrogens is 380 g/mol. The topological polar surface area (TPSA) is 67.9 Å². The molecule has 1 fully saturated rings. The van der Waals surface area contributed by atoms with Crippen LogP contribution in [0.15, 0.2) is 18.2 Å². The molecule has 1 saturated heterocycles. The quantitative estimate of drug-likeness (QED) is 0.554. The minimum atomic E-state index is -0.0596. The number of amides is 2. The van der Waals surface area contributed by atoms with E-state index in [1.54, 1.807) is 29.2 Å². The second kappa shape index (κ2) is 9.82. The summed E-state index contributed by atoms with van der Waals surface area (Å²) in [5, 5.41) is 3.48. The number of hydrogen-bond acceptors (Lipinski definition) is 4. The summed E-state index contributed by atoms with van der Waals surface area (Å²) < 4.78 is 10.6. The van der Waals surface area contributed by atoms with Gasteiger partial charge in [-0.3, -0.25) is 9.59 Å². The van der Waals surface area contributed by atoms with E-state index in [0.29, 0.717) is 42.5 Å². The maximum absolute atomic E-state index is 12.5. The number of piperidine rings is 1. The molecule has 2 aliphatic rings. The predicted octanol–water partition coefficient (Wildman–Crippen LogP) is 3.63. The summed E-state index contributed by atoms with van der Waals surface area (Å²) in [5.41, 5.74) is 0.781. The van der Waals surface area contributed by atoms with Crippen molar-refractivity contribution in [3.05, 3.63) is 28.8 Å². The third-order valence-electron chi connectivity index (χ3n) is 5.12. The zero-order valence-corrected chi connectivity index (χ0v) is 17.0. The number of carbonyl (C=O) groups is 2. The largest absolute Gasteiger partial charge is 0.454 e. The minimum absolute atomic E-state index is 0.00215. The summed E-state index contributed by atoms with van der Waals surface area (Å²) in [6.07, 6.45) is 7.97. The van der Waals surface area contributed by atoms with Crippen molar-refractivity contribution in [3.63, 3.8) is 0 Å². The third-order valence-corrected chi connectivity index (χ3v) is 5.41. The molecule has 0 unspecified atom stereocenters. The first-order valence-electron chi connectivity index (χ1n) is 9.92. The number of hydrogen-bond donors (Lipinski definition) is 1. The van der Waals surface area contributed by atoms with Crippen molar-refractivity contribution >= 4 is 29.5 Å². The van der Waals surface area contributed by atoms with Crippen LogP contribution < -0.4 is 14.8 Å². The Kier molecular flexibility index (Phi) is 7.20. The molecule has 28 heavy (non-hydrogen) atoms. The number of unbranched alkanes of at least 4 members (excludes halogenated alkanes) is 2. The van der Waals surface area contributed by atoms with Crippen molar-refractivity contribution in [2.75, 3.05) is 26.4 Å². The summed E-state index contributed by atoms with van der Waals surface area (Å²) >= 11 is 6.17. The van der Waals surface area contributed by atoms with Crippen LogP contribution in [0.4, 0.5) is 0 Å². The number of likely N-dealkylation sites (tertiary alicyclic amines) is 1. The lowest BCUT2D eigenvalue weighted by Crippen LogP contribution is -2.42. The monoisotopic (exact) mass is 406 g/mol. The Labute approximate surface area is 170 Å². The average molecular weight is 407 g/mol. The maximum Gasteiger partial charge on any atom is 0.246 e. The molecule has 0 atom stereocenters. The van der Waals surface area contributed by atoms with E-state index in [-0.39, 0.29) is 24.5 Å². The molecule has 1 N–H and O–H groups in total. The van der Waals surface area contributed by atoms with E-state index < -0.39 is 0 Å². The summed E-state index contributed by atoms with van der Waals surface area (Å²) in [7, 11) is 0. The molecule has 0 aliphatic carbocycles. The molecule has 152 valence electrons. The number of fused-ring (bicyclic) bond motifs is 1. The number of ether oxygens (including phenoxy) is 2. The van der Waals surface area contributed by atoms with Gasteiger partial charge in [-0.05, 0) is 43.0 Å². The van der Waals surface area contributed by atoms with Crippen molar-refractivity contribution < 1.29 is 19.1 Å². The van der Waals surface area contributed by atoms with Gasteiger partial charge in [0.05, 0.1) is 5.02 Å². The van der Waals surface area contributed by atoms with Crippen molar-refractivity contribution in [3.8, 4) is 11.5 Å². The molecule has 3 rings (SSSR count). The molecule has 2 aliphatic heterocycles. The van der Waals surface area contributed by atoms with Crippen LogP contribution in [0.25, 0.3) is 6.08 Å². The molecule has 0 aromatic heterocycles. The Morgan fingerprint density at radius 1 is 1.25 bits per heavy atom. The van der Waals surface area contributed by atoms with Gasteiger partial charge in [0, 0.05) is 31.6 Å². The van der Waals surface area contributed by atoms with Gasteiger partial charge in [-0.1, -0.05) is 31.4 Å². The van der Waals surface area contributed by atoms with E-state index in [9.17, 15) is 9.59 Å². The highest BCUT2D eigenvalue weighted by molar-refractivity contribution is 6.32. The lowest BCUT2D eigenvalue weighted by molar-refractivity contribution is -0.132. The summed E-state index contributed by atoms with van der Waals surface area (Å²) in [4.78, 5) is 26.5. The standard InChI is InChI=1S/C21H27ClN2O4/c1-2-3-4-9-23-21(26)16-7-10-24(11-8-16)19(25)6-5-15-12-17(22)20-18(13-15)27-14-28-20/h5-6,12-13,16H,2-4,7-11,14H2,1H3,(H,23,26)/b6-5+. The first-order valence-corrected chi connectivity index (χ1v) is 10.3. The first kappa shape index (κ1) is 20.5. The van der Waals surface area contributed by atoms with Gasteiger partial charge in [-0.25, -0.2) is 0 Å². The first-order chi connectivity index (χ1) is 13.6. The molecule has 0 radical (unpaired) electrons. The molecule has 1 aromatic carbocycles. The van der Waals surface area contributed by atoms with E-state index in [1.165, 1.54) is 0 Å². The van der Waals surface area contributed by atoms with Gasteiger partial charge in [0.25, 0.3) is 0 Å². The van der Waals surface area contributed by atoms with E-state index in [4.69, 9.17) is 21.1 Å². The highest BCUT2D eigenvalue weighted by Crippen LogP contribution is 2.40. The fourth-order valence-electron chi connectivity index (χ4n) is 3.45. The zero-order valence-electron chi connectivity index (χ0n) is 16.2. The number of nitrogens with zero attached hydrogens (tertiary/aromatic N) is 1. The Bertz CT molecular complexity index is 742. The summed E-state index contributed by atoms with van der Waals surface area (Å²) in [6.45, 7) is 4.23. The van der Waals surface area contributed by atoms with E-state index in [2.05, 4.69) is 12.2 Å². The van der Waals surface area contributed by atoms with Crippen LogP contribution in [-0.2, 0) is 9.59 Å². The van der Waals surface area contributed by atoms with Gasteiger partial charge in [-0.2, -0.15) is 0 Å². The average Bonchev–Trinajstić information content (AvgIpc) is 3.18. The zero-order chi connectivity index (χ0) is 19.9. The van der Waals surface area contributed by atoms with Crippen molar-refractivity contribution in [2.45, 2.75) is 39.0 Å². The highest BCUT2D eigenvalue weighted by atomic mass is 35.5. The second-order valence-corrected chi connectivity index (χ2v) is 7.57. The predicted molar refractivity (Wildman–Crippen MR) is 108 cm³/mol. The van der Waals surface area contributed by atoms with Gasteiger partial charge >= 0.3 is 0 Å². The van der Waals surface area contributed by atoms with Crippen LogP contribution in [0, 0.1) is 5.92 Å². The van der Waals surface area contributed by atoms with E-state index >= 15 is 0 Å². The number of rotatable bonds is 7. The number of benzene rings is 1. The van der Waals surface area contributed by atoms with Crippen LogP contribution in [0.5, 0.6) is 11.5 Å². The Balaban J connectivity index is 1.47. The van der Waals surface area contributed by atoms with Crippen LogP contribution >= 0.6 is 11.6 Å². The molecule has 1 aromatic rings. The Morgan fingerprint density at radius 3 is 2.79 bits per heavy atom. The van der Waals surface area contributed by atoms with Gasteiger partial charge < -0.3 is 19.7 Å². The molecular formula is C21H27ClN2O4. The van der Waals surface area contributed by atoms with E-state index in [1.807, 2.05) is 0 Å². The molecule has 0 spiro atoms. The molecule has 7 heteroatoms. The normalized spacial score (nSPS) is 16.6. The van der Waals surface area contributed by atoms with Crippen LogP contribution in [0.2, 0.25) is 5.02 Å². The van der Waals surface area contributed by atoms with Crippen molar-refractivity contribution in [1.29, 1.82) is 0 Å². The summed E-state index contributed by atoms with van der Waals surface area (Å²) in [6, 6.07) is 3.54. The van der Waals surface area contributed by atoms with Crippen LogP contribution in [-0.4, -0.2) is 43.1 Å². The second-order valence-electron chi connectivity index (χ2n) is 7.17. The molecule has 2 amide bonds. The highest BCUT2D eigenvalue weighted by Gasteiger charge is 2.26. The SMILES string of the molecule is CCCCCNC(=O)C1CCN(C(=O)/C=C/c2cc(Cl)c3c(c2)OCO3)CC1. The Hall–Kier alpha value is -2.21. The lowest BCUT2D eigenvalue weighted by Gasteiger charge is -2.30. The number of carbonyl (C=O) groups excluding carboxylic acids is 2. The van der Waals surface area contributed by atoms with Gasteiger partial charge in [0.1, 0.15) is 0 Å². The fourth-order valence-corrected chi connectivity index (χ4v) is 3.72. The summed E-state index contributed by atoms with van der Waals surface area (Å²) in [5.74, 6) is 1.19. The fraction of sp³-hybridized carbons (Fsp3) is 0.524. The number of nitrogens with one attached hydrogen (secondary N) is 1. The van der Waals surface area contributed by atoms with E-state index in [0.717, 1.165) is 31.4 Å². The van der Waals surface area contributed by atoms with Crippen LogP contribution in [0.1, 0.15) is 44.6 Å². The van der Waals surface area contributed by atoms with Crippen LogP contribution in [0.3, 0.4) is 0 Å². The third kappa shape index (κ3) is 5.19. The van der Waals surface area contributed by atoms with Gasteiger partial charge in [0.15, 0.2) is 11.5 Å². The van der Waals surface area contributed by atoms with Gasteiger partial charge in [-0.15, -0.1) is 0 Å². The Morgan fingerprint density at radius 2 is 2.04 bits per heavy atom. The number of halogens is 1. The molecule has 0 saturated carbocycles. The van der Waals surface area contributed by atoms with Crippen molar-refractivity contribution in [1.82, 2.24) is 10.2 Å².